The molecule has 0 saturated heterocycles. The smallest absolute Gasteiger partial charge is 0.123 e. The van der Waals surface area contributed by atoms with Crippen LogP contribution < -0.4 is 5.32 Å². The number of hydrogen-bond acceptors (Lipinski definition) is 2. The Labute approximate surface area is 114 Å². The van der Waals surface area contributed by atoms with Crippen LogP contribution in [-0.4, -0.2) is 16.5 Å². The fourth-order valence-electron chi connectivity index (χ4n) is 1.90. The standard InChI is InChI=1S/C13H15BrFN3/c1-2-16-12(13-17-5-6-18-13)8-9-7-10(15)3-4-11(9)14/h3-7,12,16H,2,8H2,1H3,(H,17,18). The van der Waals surface area contributed by atoms with Crippen molar-refractivity contribution in [3.05, 3.63) is 52.3 Å². The monoisotopic (exact) mass is 311 g/mol. The van der Waals surface area contributed by atoms with E-state index in [1.807, 2.05) is 6.92 Å². The Hall–Kier alpha value is -1.20. The Morgan fingerprint density at radius 1 is 1.50 bits per heavy atom. The number of nitrogens with one attached hydrogen (secondary N) is 2. The Morgan fingerprint density at radius 2 is 2.33 bits per heavy atom. The van der Waals surface area contributed by atoms with Gasteiger partial charge >= 0.3 is 0 Å². The number of rotatable bonds is 5. The first-order valence-corrected chi connectivity index (χ1v) is 6.66. The summed E-state index contributed by atoms with van der Waals surface area (Å²) in [5.41, 5.74) is 0.928. The Bertz CT molecular complexity index is 499. The molecule has 96 valence electrons. The highest BCUT2D eigenvalue weighted by Gasteiger charge is 2.15. The van der Waals surface area contributed by atoms with Crippen LogP contribution in [0.1, 0.15) is 24.4 Å². The second kappa shape index (κ2) is 6.11. The number of halogens is 2. The number of nitrogens with zero attached hydrogens (tertiary/aromatic N) is 1. The van der Waals surface area contributed by atoms with Crippen LogP contribution in [-0.2, 0) is 6.42 Å². The van der Waals surface area contributed by atoms with Crippen LogP contribution in [0.4, 0.5) is 4.39 Å². The van der Waals surface area contributed by atoms with Crippen molar-refractivity contribution in [1.29, 1.82) is 0 Å². The van der Waals surface area contributed by atoms with Gasteiger partial charge < -0.3 is 10.3 Å². The van der Waals surface area contributed by atoms with Gasteiger partial charge in [-0.15, -0.1) is 0 Å². The topological polar surface area (TPSA) is 40.7 Å². The first-order chi connectivity index (χ1) is 8.70. The van der Waals surface area contributed by atoms with Crippen LogP contribution in [0.2, 0.25) is 0 Å². The van der Waals surface area contributed by atoms with Crippen LogP contribution in [0.25, 0.3) is 0 Å². The van der Waals surface area contributed by atoms with Crippen molar-refractivity contribution in [3.8, 4) is 0 Å². The summed E-state index contributed by atoms with van der Waals surface area (Å²) in [7, 11) is 0. The molecule has 1 aromatic carbocycles. The average molecular weight is 312 g/mol. The molecule has 1 aromatic heterocycles. The highest BCUT2D eigenvalue weighted by Crippen LogP contribution is 2.23. The SMILES string of the molecule is CCNC(Cc1cc(F)ccc1Br)c1ncc[nH]1. The lowest BCUT2D eigenvalue weighted by Gasteiger charge is -2.16. The Balaban J connectivity index is 2.21. The van der Waals surface area contributed by atoms with Gasteiger partial charge in [0.05, 0.1) is 6.04 Å². The van der Waals surface area contributed by atoms with E-state index in [2.05, 4.69) is 31.2 Å². The van der Waals surface area contributed by atoms with E-state index in [0.717, 1.165) is 22.4 Å². The summed E-state index contributed by atoms with van der Waals surface area (Å²) in [5, 5.41) is 3.34. The average Bonchev–Trinajstić information content (AvgIpc) is 2.87. The van der Waals surface area contributed by atoms with Crippen molar-refractivity contribution >= 4 is 15.9 Å². The van der Waals surface area contributed by atoms with Crippen molar-refractivity contribution in [1.82, 2.24) is 15.3 Å². The van der Waals surface area contributed by atoms with Gasteiger partial charge in [0.15, 0.2) is 0 Å². The quantitative estimate of drug-likeness (QED) is 0.890. The van der Waals surface area contributed by atoms with Crippen LogP contribution in [0.3, 0.4) is 0 Å². The third-order valence-electron chi connectivity index (χ3n) is 2.73. The molecule has 2 N–H and O–H groups in total. The molecule has 1 unspecified atom stereocenters. The van der Waals surface area contributed by atoms with Crippen molar-refractivity contribution < 1.29 is 4.39 Å². The summed E-state index contributed by atoms with van der Waals surface area (Å²) in [4.78, 5) is 7.35. The summed E-state index contributed by atoms with van der Waals surface area (Å²) in [6.45, 7) is 2.87. The van der Waals surface area contributed by atoms with Gasteiger partial charge in [0.2, 0.25) is 0 Å². The van der Waals surface area contributed by atoms with Gasteiger partial charge in [-0.3, -0.25) is 0 Å². The minimum atomic E-state index is -0.220. The zero-order valence-corrected chi connectivity index (χ0v) is 11.7. The van der Waals surface area contributed by atoms with E-state index in [-0.39, 0.29) is 11.9 Å². The molecule has 0 aliphatic heterocycles. The second-order valence-corrected chi connectivity index (χ2v) is 4.88. The second-order valence-electron chi connectivity index (χ2n) is 4.02. The van der Waals surface area contributed by atoms with E-state index in [1.165, 1.54) is 6.07 Å². The fraction of sp³-hybridized carbons (Fsp3) is 0.308. The summed E-state index contributed by atoms with van der Waals surface area (Å²) in [5.74, 6) is 0.649. The largest absolute Gasteiger partial charge is 0.347 e. The summed E-state index contributed by atoms with van der Waals surface area (Å²) < 4.78 is 14.2. The first kappa shape index (κ1) is 13.2. The summed E-state index contributed by atoms with van der Waals surface area (Å²) >= 11 is 3.45. The lowest BCUT2D eigenvalue weighted by atomic mass is 10.1. The minimum absolute atomic E-state index is 0.0584. The number of hydrogen-bond donors (Lipinski definition) is 2. The predicted octanol–water partition coefficient (Wildman–Crippen LogP) is 3.20. The van der Waals surface area contributed by atoms with Gasteiger partial charge in [-0.05, 0) is 36.7 Å². The van der Waals surface area contributed by atoms with Gasteiger partial charge in [0, 0.05) is 16.9 Å². The van der Waals surface area contributed by atoms with E-state index in [4.69, 9.17) is 0 Å². The lowest BCUT2D eigenvalue weighted by Crippen LogP contribution is -2.24. The highest BCUT2D eigenvalue weighted by atomic mass is 79.9. The van der Waals surface area contributed by atoms with Crippen LogP contribution >= 0.6 is 15.9 Å². The van der Waals surface area contributed by atoms with E-state index in [1.54, 1.807) is 24.5 Å². The third-order valence-corrected chi connectivity index (χ3v) is 3.51. The maximum Gasteiger partial charge on any atom is 0.123 e. The number of H-pyrrole nitrogens is 1. The van der Waals surface area contributed by atoms with Crippen LogP contribution in [0, 0.1) is 5.82 Å². The molecule has 5 heteroatoms. The number of imidazole rings is 1. The molecule has 2 aromatic rings. The van der Waals surface area contributed by atoms with E-state index < -0.39 is 0 Å². The lowest BCUT2D eigenvalue weighted by molar-refractivity contribution is 0.523. The van der Waals surface area contributed by atoms with Crippen molar-refractivity contribution in [2.45, 2.75) is 19.4 Å². The number of aromatic amines is 1. The molecule has 1 heterocycles. The first-order valence-electron chi connectivity index (χ1n) is 5.87. The molecular weight excluding hydrogens is 297 g/mol. The molecule has 0 radical (unpaired) electrons. The molecule has 0 fully saturated rings. The molecule has 3 nitrogen and oxygen atoms in total. The molecule has 0 aliphatic rings. The fourth-order valence-corrected chi connectivity index (χ4v) is 2.31. The minimum Gasteiger partial charge on any atom is -0.347 e. The molecule has 18 heavy (non-hydrogen) atoms. The maximum absolute atomic E-state index is 13.3. The number of benzene rings is 1. The molecule has 0 saturated carbocycles. The summed E-state index contributed by atoms with van der Waals surface area (Å²) in [6, 6.07) is 4.79. The molecule has 0 bridgehead atoms. The molecule has 2 rings (SSSR count). The highest BCUT2D eigenvalue weighted by molar-refractivity contribution is 9.10. The van der Waals surface area contributed by atoms with Gasteiger partial charge in [0.1, 0.15) is 11.6 Å². The van der Waals surface area contributed by atoms with Gasteiger partial charge in [-0.25, -0.2) is 9.37 Å². The molecule has 0 spiro atoms. The summed E-state index contributed by atoms with van der Waals surface area (Å²) in [6.07, 6.45) is 4.19. The zero-order chi connectivity index (χ0) is 13.0. The van der Waals surface area contributed by atoms with Crippen LogP contribution in [0.5, 0.6) is 0 Å². The van der Waals surface area contributed by atoms with E-state index in [9.17, 15) is 4.39 Å². The van der Waals surface area contributed by atoms with E-state index >= 15 is 0 Å². The van der Waals surface area contributed by atoms with Crippen molar-refractivity contribution in [2.75, 3.05) is 6.54 Å². The normalized spacial score (nSPS) is 12.6. The van der Waals surface area contributed by atoms with Crippen molar-refractivity contribution in [3.63, 3.8) is 0 Å². The Kier molecular flexibility index (Phi) is 4.49. The zero-order valence-electron chi connectivity index (χ0n) is 10.1. The maximum atomic E-state index is 13.3. The van der Waals surface area contributed by atoms with Crippen LogP contribution in [0.15, 0.2) is 35.1 Å². The number of aromatic nitrogens is 2. The number of likely N-dealkylation sites (N-methyl/N-ethyl adjacent to an activating group) is 1. The van der Waals surface area contributed by atoms with Gasteiger partial charge in [-0.1, -0.05) is 22.9 Å². The molecule has 0 aliphatic carbocycles. The molecule has 0 amide bonds. The molecular formula is C13H15BrFN3. The van der Waals surface area contributed by atoms with E-state index in [0.29, 0.717) is 6.42 Å². The van der Waals surface area contributed by atoms with Crippen molar-refractivity contribution in [2.24, 2.45) is 0 Å². The third kappa shape index (κ3) is 3.17. The predicted molar refractivity (Wildman–Crippen MR) is 72.8 cm³/mol. The van der Waals surface area contributed by atoms with Gasteiger partial charge in [0.25, 0.3) is 0 Å². The molecule has 1 atom stereocenters. The Morgan fingerprint density at radius 3 is 3.00 bits per heavy atom. The van der Waals surface area contributed by atoms with Gasteiger partial charge in [-0.2, -0.15) is 0 Å².